The van der Waals surface area contributed by atoms with E-state index in [1.807, 2.05) is 12.1 Å². The summed E-state index contributed by atoms with van der Waals surface area (Å²) in [6, 6.07) is 12.6. The Morgan fingerprint density at radius 1 is 0.976 bits per heavy atom. The van der Waals surface area contributed by atoms with Gasteiger partial charge in [0.05, 0.1) is 23.8 Å². The number of phenolic OH excluding ortho intramolecular Hbond substituents is 1. The standard InChI is InChI=1S/C35H39N5O2/c1-4-20-19-40-17-14-24-22-11-12-29(41)30(27-10-7-15-38(27)2)32(22)37-33(24)34(40)35(42)25(20)18-28-31-23(13-16-39(28)3)21-8-5-6-9-26(21)36-31/h4-6,8-9,11-12,19,27-28,34,36-37,41-42H,1,7,10,13-18H2,2-3H3/p+1/t27-,28+,34?/m1/s1. The van der Waals surface area contributed by atoms with Gasteiger partial charge >= 0.3 is 0 Å². The van der Waals surface area contributed by atoms with Gasteiger partial charge in [-0.05, 0) is 75.6 Å². The molecule has 6 heterocycles. The van der Waals surface area contributed by atoms with E-state index >= 15 is 0 Å². The van der Waals surface area contributed by atoms with E-state index in [0.29, 0.717) is 17.9 Å². The number of aliphatic hydroxyl groups is 1. The van der Waals surface area contributed by atoms with Crippen LogP contribution in [0, 0.1) is 0 Å². The SMILES string of the molecule is C=CC1=C[NH+]2CCc3c([nH]c4c([C@H]5CCCN5C)c(O)ccc34)C2C(O)=C1C[C@H]1c2[nH]c3ccccc3c2CCN1C. The van der Waals surface area contributed by atoms with Crippen LogP contribution in [0.4, 0.5) is 0 Å². The van der Waals surface area contributed by atoms with Crippen LogP contribution in [0.2, 0.25) is 0 Å². The molecule has 0 saturated carbocycles. The van der Waals surface area contributed by atoms with E-state index in [0.717, 1.165) is 73.2 Å². The molecule has 216 valence electrons. The van der Waals surface area contributed by atoms with Gasteiger partial charge in [0.25, 0.3) is 0 Å². The van der Waals surface area contributed by atoms with Crippen LogP contribution in [0.1, 0.15) is 65.5 Å². The molecule has 8 rings (SSSR count). The van der Waals surface area contributed by atoms with Crippen LogP contribution in [0.5, 0.6) is 5.75 Å². The summed E-state index contributed by atoms with van der Waals surface area (Å²) in [6.45, 7) is 7.08. The van der Waals surface area contributed by atoms with E-state index in [2.05, 4.69) is 77.0 Å². The number of phenols is 1. The summed E-state index contributed by atoms with van der Waals surface area (Å²) in [6.07, 6.45) is 9.01. The highest BCUT2D eigenvalue weighted by molar-refractivity contribution is 5.90. The number of hydrogen-bond acceptors (Lipinski definition) is 4. The minimum atomic E-state index is -0.202. The normalized spacial score (nSPS) is 26.4. The van der Waals surface area contributed by atoms with Gasteiger partial charge in [0.15, 0.2) is 11.8 Å². The Balaban J connectivity index is 1.24. The molecular formula is C35H40N5O2+. The fraction of sp³-hybridized carbons (Fsp3) is 0.371. The summed E-state index contributed by atoms with van der Waals surface area (Å²) in [5.74, 6) is 0.798. The first kappa shape index (κ1) is 25.9. The van der Waals surface area contributed by atoms with E-state index in [-0.39, 0.29) is 18.1 Å². The Kier molecular flexibility index (Phi) is 5.93. The first-order chi connectivity index (χ1) is 20.4. The molecule has 0 bridgehead atoms. The molecule has 7 nitrogen and oxygen atoms in total. The highest BCUT2D eigenvalue weighted by Crippen LogP contribution is 2.45. The number of aromatic amines is 2. The van der Waals surface area contributed by atoms with Gasteiger partial charge in [-0.25, -0.2) is 0 Å². The van der Waals surface area contributed by atoms with Crippen LogP contribution in [-0.2, 0) is 12.8 Å². The average molecular weight is 563 g/mol. The number of fused-ring (bicyclic) bond motifs is 8. The van der Waals surface area contributed by atoms with Crippen molar-refractivity contribution in [2.75, 3.05) is 33.7 Å². The number of nitrogens with one attached hydrogen (secondary N) is 3. The molecule has 0 aliphatic carbocycles. The topological polar surface area (TPSA) is 83.0 Å². The fourth-order valence-electron chi connectivity index (χ4n) is 8.45. The van der Waals surface area contributed by atoms with E-state index in [4.69, 9.17) is 0 Å². The molecule has 5 N–H and O–H groups in total. The Labute approximate surface area is 246 Å². The van der Waals surface area contributed by atoms with Gasteiger partial charge in [-0.3, -0.25) is 14.7 Å². The molecule has 1 fully saturated rings. The second kappa shape index (κ2) is 9.63. The monoisotopic (exact) mass is 562 g/mol. The number of likely N-dealkylation sites (N-methyl/N-ethyl adjacent to an activating group) is 1. The summed E-state index contributed by atoms with van der Waals surface area (Å²) < 4.78 is 0. The number of allylic oxidation sites excluding steroid dienone is 2. The molecule has 42 heavy (non-hydrogen) atoms. The fourth-order valence-corrected chi connectivity index (χ4v) is 8.45. The summed E-state index contributed by atoms with van der Waals surface area (Å²) in [5, 5.41) is 25.7. The van der Waals surface area contributed by atoms with Gasteiger partial charge in [0.2, 0.25) is 0 Å². The molecule has 1 saturated heterocycles. The maximum absolute atomic E-state index is 12.2. The van der Waals surface area contributed by atoms with Crippen molar-refractivity contribution in [3.05, 3.63) is 100 Å². The number of aromatic hydroxyl groups is 1. The largest absolute Gasteiger partial charge is 0.508 e. The highest BCUT2D eigenvalue weighted by atomic mass is 16.3. The molecule has 0 radical (unpaired) electrons. The molecular weight excluding hydrogens is 522 g/mol. The first-order valence-corrected chi connectivity index (χ1v) is 15.4. The van der Waals surface area contributed by atoms with Crippen LogP contribution >= 0.6 is 0 Å². The van der Waals surface area contributed by atoms with E-state index in [9.17, 15) is 10.2 Å². The van der Waals surface area contributed by atoms with E-state index in [1.165, 1.54) is 38.0 Å². The zero-order valence-corrected chi connectivity index (χ0v) is 24.5. The molecule has 2 aromatic carbocycles. The number of likely N-dealkylation sites (tertiary alicyclic amines) is 1. The van der Waals surface area contributed by atoms with Crippen molar-refractivity contribution in [3.8, 4) is 5.75 Å². The molecule has 2 unspecified atom stereocenters. The number of nitrogens with zero attached hydrogens (tertiary/aromatic N) is 2. The number of aliphatic hydroxyl groups excluding tert-OH is 1. The summed E-state index contributed by atoms with van der Waals surface area (Å²) in [4.78, 5) is 13.5. The van der Waals surface area contributed by atoms with Crippen molar-refractivity contribution in [3.63, 3.8) is 0 Å². The van der Waals surface area contributed by atoms with Crippen LogP contribution in [0.25, 0.3) is 21.8 Å². The molecule has 4 atom stereocenters. The Hall–Kier alpha value is -3.78. The zero-order chi connectivity index (χ0) is 28.7. The average Bonchev–Trinajstić information content (AvgIpc) is 3.70. The number of benzene rings is 2. The summed E-state index contributed by atoms with van der Waals surface area (Å²) in [5.41, 5.74) is 10.2. The maximum Gasteiger partial charge on any atom is 0.190 e. The Morgan fingerprint density at radius 3 is 2.62 bits per heavy atom. The summed E-state index contributed by atoms with van der Waals surface area (Å²) >= 11 is 0. The van der Waals surface area contributed by atoms with E-state index in [1.54, 1.807) is 0 Å². The predicted octanol–water partition coefficient (Wildman–Crippen LogP) is 5.12. The van der Waals surface area contributed by atoms with Crippen LogP contribution in [-0.4, -0.2) is 63.7 Å². The van der Waals surface area contributed by atoms with Crippen molar-refractivity contribution in [1.29, 1.82) is 0 Å². The van der Waals surface area contributed by atoms with Crippen molar-refractivity contribution in [2.45, 2.75) is 50.2 Å². The lowest BCUT2D eigenvalue weighted by Gasteiger charge is -2.37. The third-order valence-electron chi connectivity index (χ3n) is 10.6. The summed E-state index contributed by atoms with van der Waals surface area (Å²) in [7, 11) is 4.34. The second-order valence-electron chi connectivity index (χ2n) is 12.8. The van der Waals surface area contributed by atoms with E-state index < -0.39 is 0 Å². The molecule has 4 aromatic rings. The smallest absolute Gasteiger partial charge is 0.190 e. The van der Waals surface area contributed by atoms with Gasteiger partial charge in [-0.1, -0.05) is 30.9 Å². The number of quaternary nitrogens is 1. The third kappa shape index (κ3) is 3.70. The van der Waals surface area contributed by atoms with Crippen molar-refractivity contribution in [2.24, 2.45) is 0 Å². The lowest BCUT2D eigenvalue weighted by Crippen LogP contribution is -3.09. The number of H-pyrrole nitrogens is 2. The maximum atomic E-state index is 12.2. The van der Waals surface area contributed by atoms with Crippen molar-refractivity contribution < 1.29 is 15.1 Å². The third-order valence-corrected chi connectivity index (χ3v) is 10.6. The minimum Gasteiger partial charge on any atom is -0.508 e. The number of hydrogen-bond donors (Lipinski definition) is 5. The molecule has 4 aliphatic heterocycles. The lowest BCUT2D eigenvalue weighted by atomic mass is 9.85. The number of rotatable bonds is 4. The van der Waals surface area contributed by atoms with Gasteiger partial charge < -0.3 is 20.2 Å². The Morgan fingerprint density at radius 2 is 1.81 bits per heavy atom. The van der Waals surface area contributed by atoms with Crippen molar-refractivity contribution in [1.82, 2.24) is 19.8 Å². The number of aromatic nitrogens is 2. The van der Waals surface area contributed by atoms with Gasteiger partial charge in [0.1, 0.15) is 11.9 Å². The van der Waals surface area contributed by atoms with Crippen LogP contribution in [0.3, 0.4) is 0 Å². The second-order valence-corrected chi connectivity index (χ2v) is 12.8. The van der Waals surface area contributed by atoms with Gasteiger partial charge in [-0.2, -0.15) is 0 Å². The van der Waals surface area contributed by atoms with Crippen LogP contribution in [0.15, 0.2) is 72.2 Å². The van der Waals surface area contributed by atoms with Gasteiger partial charge in [0, 0.05) is 57.7 Å². The van der Waals surface area contributed by atoms with Crippen molar-refractivity contribution >= 4 is 21.8 Å². The van der Waals surface area contributed by atoms with Gasteiger partial charge in [-0.15, -0.1) is 0 Å². The number of para-hydroxylation sites is 1. The highest BCUT2D eigenvalue weighted by Gasteiger charge is 2.42. The van der Waals surface area contributed by atoms with Crippen LogP contribution < -0.4 is 4.90 Å². The molecule has 0 amide bonds. The Bertz CT molecular complexity index is 1810. The molecule has 0 spiro atoms. The predicted molar refractivity (Wildman–Crippen MR) is 167 cm³/mol. The first-order valence-electron chi connectivity index (χ1n) is 15.4. The quantitative estimate of drug-likeness (QED) is 0.239. The molecule has 2 aromatic heterocycles. The zero-order valence-electron chi connectivity index (χ0n) is 24.5. The minimum absolute atomic E-state index is 0.135. The molecule has 7 heteroatoms. The lowest BCUT2D eigenvalue weighted by molar-refractivity contribution is -0.880. The molecule has 4 aliphatic rings.